The fourth-order valence-corrected chi connectivity index (χ4v) is 1.76. The molecule has 9 N–H and O–H groups in total. The van der Waals surface area contributed by atoms with E-state index in [4.69, 9.17) is 32.5 Å². The van der Waals surface area contributed by atoms with Gasteiger partial charge in [-0.05, 0) is 24.5 Å². The first-order valence-electron chi connectivity index (χ1n) is 8.60. The molecule has 0 aliphatic carbocycles. The summed E-state index contributed by atoms with van der Waals surface area (Å²) in [5.74, 6) is -2.93. The van der Waals surface area contributed by atoms with Crippen molar-refractivity contribution in [3.8, 4) is 0 Å². The Hall–Kier alpha value is -3.27. The molecule has 0 fully saturated rings. The van der Waals surface area contributed by atoms with Crippen molar-refractivity contribution in [2.24, 2.45) is 17.2 Å². The molecule has 0 heterocycles. The lowest BCUT2D eigenvalue weighted by Crippen LogP contribution is -2.32. The second kappa shape index (κ2) is 13.8. The zero-order valence-corrected chi connectivity index (χ0v) is 16.0. The summed E-state index contributed by atoms with van der Waals surface area (Å²) < 4.78 is 0. The van der Waals surface area contributed by atoms with Crippen molar-refractivity contribution < 1.29 is 29.7 Å². The van der Waals surface area contributed by atoms with E-state index in [-0.39, 0.29) is 0 Å². The van der Waals surface area contributed by atoms with Crippen LogP contribution < -0.4 is 17.2 Å². The predicted molar refractivity (Wildman–Crippen MR) is 108 cm³/mol. The summed E-state index contributed by atoms with van der Waals surface area (Å²) in [7, 11) is 0. The molecule has 2 rings (SSSR count). The zero-order valence-electron chi connectivity index (χ0n) is 16.0. The number of hydrogen-bond acceptors (Lipinski definition) is 6. The van der Waals surface area contributed by atoms with Crippen LogP contribution in [-0.4, -0.2) is 45.3 Å². The van der Waals surface area contributed by atoms with Gasteiger partial charge in [-0.1, -0.05) is 60.7 Å². The Kier molecular flexibility index (Phi) is 12.3. The summed E-state index contributed by atoms with van der Waals surface area (Å²) in [5.41, 5.74) is 17.1. The highest BCUT2D eigenvalue weighted by atomic mass is 16.4. The van der Waals surface area contributed by atoms with E-state index >= 15 is 0 Å². The molecule has 2 aromatic carbocycles. The normalized spacial score (nSPS) is 12.7. The molecule has 158 valence electrons. The minimum Gasteiger partial charge on any atom is -0.480 e. The fraction of sp³-hybridized carbons (Fsp3) is 0.250. The Morgan fingerprint density at radius 3 is 1.52 bits per heavy atom. The van der Waals surface area contributed by atoms with Crippen molar-refractivity contribution >= 4 is 17.9 Å². The van der Waals surface area contributed by atoms with E-state index < -0.39 is 36.0 Å². The minimum atomic E-state index is -1.00. The average Bonchev–Trinajstić information content (AvgIpc) is 2.69. The molecule has 0 aromatic heterocycles. The first-order valence-corrected chi connectivity index (χ1v) is 8.60. The van der Waals surface area contributed by atoms with Gasteiger partial charge in [0, 0.05) is 0 Å². The smallest absolute Gasteiger partial charge is 0.325 e. The topological polar surface area (TPSA) is 190 Å². The molecule has 9 nitrogen and oxygen atoms in total. The Labute approximate surface area is 168 Å². The first-order chi connectivity index (χ1) is 13.6. The third-order valence-corrected chi connectivity index (χ3v) is 3.43. The van der Waals surface area contributed by atoms with Crippen LogP contribution in [-0.2, 0) is 20.8 Å². The maximum absolute atomic E-state index is 10.4. The molecule has 0 amide bonds. The summed E-state index contributed by atoms with van der Waals surface area (Å²) >= 11 is 0. The maximum atomic E-state index is 10.4. The summed E-state index contributed by atoms with van der Waals surface area (Å²) in [4.78, 5) is 30.3. The number of carbonyl (C=O) groups is 3. The van der Waals surface area contributed by atoms with Crippen LogP contribution in [0.5, 0.6) is 0 Å². The van der Waals surface area contributed by atoms with Gasteiger partial charge in [0.1, 0.15) is 18.1 Å². The first kappa shape index (κ1) is 25.7. The van der Waals surface area contributed by atoms with Crippen molar-refractivity contribution in [3.05, 3.63) is 71.8 Å². The number of nitrogens with two attached hydrogens (primary N) is 3. The van der Waals surface area contributed by atoms with Crippen molar-refractivity contribution in [1.29, 1.82) is 0 Å². The summed E-state index contributed by atoms with van der Waals surface area (Å²) in [5, 5.41) is 24.9. The van der Waals surface area contributed by atoms with Crippen LogP contribution >= 0.6 is 0 Å². The van der Waals surface area contributed by atoms with Crippen LogP contribution in [0.2, 0.25) is 0 Å². The van der Waals surface area contributed by atoms with Gasteiger partial charge in [-0.25, -0.2) is 0 Å². The Balaban J connectivity index is 0.000000430. The molecular weight excluding hydrogens is 378 g/mol. The molecule has 0 saturated carbocycles. The lowest BCUT2D eigenvalue weighted by Gasteiger charge is -2.04. The molecule has 0 aliphatic heterocycles. The van der Waals surface area contributed by atoms with Gasteiger partial charge in [0.05, 0.1) is 0 Å². The fourth-order valence-electron chi connectivity index (χ4n) is 1.76. The monoisotopic (exact) mass is 405 g/mol. The number of benzene rings is 2. The van der Waals surface area contributed by atoms with Gasteiger partial charge in [0.2, 0.25) is 0 Å². The number of aliphatic carboxylic acids is 3. The summed E-state index contributed by atoms with van der Waals surface area (Å²) in [6, 6.07) is 15.6. The quantitative estimate of drug-likeness (QED) is 0.404. The van der Waals surface area contributed by atoms with Crippen LogP contribution in [0.3, 0.4) is 0 Å². The summed E-state index contributed by atoms with van der Waals surface area (Å²) in [6.45, 7) is 1.42. The van der Waals surface area contributed by atoms with Crippen LogP contribution in [0.4, 0.5) is 0 Å². The molecule has 2 aromatic rings. The molecule has 0 saturated heterocycles. The molecular formula is C20H27N3O6. The van der Waals surface area contributed by atoms with E-state index in [1.165, 1.54) is 6.92 Å². The van der Waals surface area contributed by atoms with Gasteiger partial charge in [-0.15, -0.1) is 0 Å². The standard InChI is InChI=1S/C9H11NO2.C8H9NO2.C3H7NO2/c10-8(9(11)12)6-7-4-2-1-3-5-7;9-7(8(10)11)6-4-2-1-3-5-6;1-2(4)3(5)6/h1-5,8H,6,10H2,(H,11,12);1-5,7H,9H2,(H,10,11);2H,4H2,1H3,(H,5,6)/t8-;7-;2-/m000/s1. The number of rotatable bonds is 6. The van der Waals surface area contributed by atoms with Crippen molar-refractivity contribution in [1.82, 2.24) is 0 Å². The lowest BCUT2D eigenvalue weighted by atomic mass is 10.1. The summed E-state index contributed by atoms with van der Waals surface area (Å²) in [6.07, 6.45) is 0.385. The second-order valence-electron chi connectivity index (χ2n) is 5.99. The largest absolute Gasteiger partial charge is 0.480 e. The Morgan fingerprint density at radius 1 is 0.759 bits per heavy atom. The van der Waals surface area contributed by atoms with Gasteiger partial charge in [0.15, 0.2) is 0 Å². The van der Waals surface area contributed by atoms with Gasteiger partial charge >= 0.3 is 17.9 Å². The van der Waals surface area contributed by atoms with E-state index in [1.807, 2.05) is 36.4 Å². The maximum Gasteiger partial charge on any atom is 0.325 e. The van der Waals surface area contributed by atoms with E-state index in [0.29, 0.717) is 12.0 Å². The Bertz CT molecular complexity index is 753. The molecule has 0 spiro atoms. The van der Waals surface area contributed by atoms with Gasteiger partial charge in [0.25, 0.3) is 0 Å². The van der Waals surface area contributed by atoms with Crippen molar-refractivity contribution in [2.45, 2.75) is 31.5 Å². The second-order valence-corrected chi connectivity index (χ2v) is 5.99. The lowest BCUT2D eigenvalue weighted by molar-refractivity contribution is -0.139. The number of hydrogen-bond donors (Lipinski definition) is 6. The highest BCUT2D eigenvalue weighted by Crippen LogP contribution is 2.08. The van der Waals surface area contributed by atoms with E-state index in [1.54, 1.807) is 24.3 Å². The van der Waals surface area contributed by atoms with Crippen LogP contribution in [0.1, 0.15) is 24.1 Å². The third kappa shape index (κ3) is 11.9. The average molecular weight is 405 g/mol. The number of carboxylic acid groups (broad SMARTS) is 3. The SMILES string of the molecule is C[C@H](N)C(=O)O.N[C@@H](Cc1ccccc1)C(=O)O.N[C@H](C(=O)O)c1ccccc1. The zero-order chi connectivity index (χ0) is 22.4. The van der Waals surface area contributed by atoms with Crippen molar-refractivity contribution in [3.63, 3.8) is 0 Å². The van der Waals surface area contributed by atoms with Crippen LogP contribution in [0, 0.1) is 0 Å². The van der Waals surface area contributed by atoms with Gasteiger partial charge < -0.3 is 32.5 Å². The predicted octanol–water partition coefficient (Wildman–Crippen LogP) is 0.830. The molecule has 0 aliphatic rings. The molecule has 3 atom stereocenters. The number of carboxylic acids is 3. The van der Waals surface area contributed by atoms with Crippen LogP contribution in [0.15, 0.2) is 60.7 Å². The van der Waals surface area contributed by atoms with E-state index in [2.05, 4.69) is 0 Å². The van der Waals surface area contributed by atoms with Crippen molar-refractivity contribution in [2.75, 3.05) is 0 Å². The van der Waals surface area contributed by atoms with Crippen LogP contribution in [0.25, 0.3) is 0 Å². The highest BCUT2D eigenvalue weighted by Gasteiger charge is 2.12. The van der Waals surface area contributed by atoms with Gasteiger partial charge in [-0.2, -0.15) is 0 Å². The van der Waals surface area contributed by atoms with E-state index in [9.17, 15) is 14.4 Å². The van der Waals surface area contributed by atoms with E-state index in [0.717, 1.165) is 5.56 Å². The molecule has 29 heavy (non-hydrogen) atoms. The minimum absolute atomic E-state index is 0.385. The molecule has 0 radical (unpaired) electrons. The third-order valence-electron chi connectivity index (χ3n) is 3.43. The molecule has 0 unspecified atom stereocenters. The Morgan fingerprint density at radius 2 is 1.17 bits per heavy atom. The molecule has 9 heteroatoms. The molecule has 0 bridgehead atoms. The van der Waals surface area contributed by atoms with Gasteiger partial charge in [-0.3, -0.25) is 14.4 Å². The highest BCUT2D eigenvalue weighted by molar-refractivity contribution is 5.75.